The fourth-order valence-electron chi connectivity index (χ4n) is 4.02. The van der Waals surface area contributed by atoms with E-state index < -0.39 is 11.8 Å². The lowest BCUT2D eigenvalue weighted by Crippen LogP contribution is -2.46. The van der Waals surface area contributed by atoms with E-state index in [1.54, 1.807) is 16.4 Å². The Kier molecular flexibility index (Phi) is 5.44. The Morgan fingerprint density at radius 2 is 2.00 bits per heavy atom. The minimum Gasteiger partial charge on any atom is -0.345 e. The summed E-state index contributed by atoms with van der Waals surface area (Å²) in [5.74, 6) is 1.45. The van der Waals surface area contributed by atoms with E-state index >= 15 is 0 Å². The molecule has 0 unspecified atom stereocenters. The quantitative estimate of drug-likeness (QED) is 0.775. The molecule has 0 bridgehead atoms. The second-order valence-corrected chi connectivity index (χ2v) is 8.80. The number of anilines is 1. The third-order valence-electron chi connectivity index (χ3n) is 5.66. The fourth-order valence-corrected chi connectivity index (χ4v) is 5.05. The fraction of sp³-hybridized carbons (Fsp3) is 0.476. The highest BCUT2D eigenvalue weighted by Gasteiger charge is 2.29. The Hall–Kier alpha value is -2.28. The number of nitrogens with one attached hydrogen (secondary N) is 2. The number of carbonyl (C=O) groups excluding carboxylic acids is 2. The smallest absolute Gasteiger partial charge is 0.314 e. The Bertz CT molecular complexity index is 908. The molecule has 2 aromatic rings. The molecule has 1 aliphatic carbocycles. The molecule has 1 fully saturated rings. The number of thioether (sulfide) groups is 1. The molecular formula is C21H26N4O2S. The molecule has 2 aliphatic rings. The van der Waals surface area contributed by atoms with Crippen molar-refractivity contribution in [3.05, 3.63) is 41.1 Å². The number of carbonyl (C=O) groups is 2. The van der Waals surface area contributed by atoms with Crippen LogP contribution in [0.15, 0.2) is 24.3 Å². The Morgan fingerprint density at radius 1 is 1.18 bits per heavy atom. The summed E-state index contributed by atoms with van der Waals surface area (Å²) in [4.78, 5) is 25.2. The normalized spacial score (nSPS) is 21.2. The van der Waals surface area contributed by atoms with Gasteiger partial charge in [-0.3, -0.25) is 9.59 Å². The minimum absolute atomic E-state index is 0.0787. The summed E-state index contributed by atoms with van der Waals surface area (Å²) < 4.78 is 1.76. The van der Waals surface area contributed by atoms with Gasteiger partial charge in [0.05, 0.1) is 11.4 Å². The van der Waals surface area contributed by atoms with Crippen molar-refractivity contribution in [3.8, 4) is 5.69 Å². The van der Waals surface area contributed by atoms with Gasteiger partial charge in [-0.05, 0) is 43.4 Å². The number of aryl methyl sites for hydroxylation is 1. The van der Waals surface area contributed by atoms with Gasteiger partial charge in [0.25, 0.3) is 0 Å². The van der Waals surface area contributed by atoms with E-state index in [-0.39, 0.29) is 6.04 Å². The molecule has 1 aliphatic heterocycles. The summed E-state index contributed by atoms with van der Waals surface area (Å²) >= 11 is 1.77. The highest BCUT2D eigenvalue weighted by atomic mass is 32.2. The van der Waals surface area contributed by atoms with Gasteiger partial charge in [-0.25, -0.2) is 4.68 Å². The molecule has 0 radical (unpaired) electrons. The molecule has 0 spiro atoms. The number of amides is 2. The third kappa shape index (κ3) is 3.81. The lowest BCUT2D eigenvalue weighted by Gasteiger charge is -2.29. The molecule has 1 aromatic heterocycles. The maximum atomic E-state index is 12.7. The van der Waals surface area contributed by atoms with Gasteiger partial charge < -0.3 is 10.6 Å². The van der Waals surface area contributed by atoms with Crippen LogP contribution in [0.1, 0.15) is 49.4 Å². The molecule has 2 amide bonds. The average Bonchev–Trinajstić information content (AvgIpc) is 3.26. The Balaban J connectivity index is 1.55. The summed E-state index contributed by atoms with van der Waals surface area (Å²) in [6, 6.07) is 8.05. The average molecular weight is 399 g/mol. The molecule has 4 rings (SSSR count). The van der Waals surface area contributed by atoms with Crippen molar-refractivity contribution in [2.24, 2.45) is 5.92 Å². The second kappa shape index (κ2) is 7.99. The first kappa shape index (κ1) is 19.1. The molecule has 7 heteroatoms. The van der Waals surface area contributed by atoms with E-state index in [0.717, 1.165) is 53.3 Å². The lowest BCUT2D eigenvalue weighted by atomic mass is 9.86. The number of fused-ring (bicyclic) bond motifs is 1. The minimum atomic E-state index is -0.619. The standard InChI is InChI=1S/C21H26N4O2S/c1-13-6-5-8-15(10-13)25-19(16-11-28-12-18(16)24-25)23-21(27)20(26)22-17-9-4-3-7-14(17)2/h5-6,8,10,14,17H,3-4,7,9,11-12H2,1-2H3,(H,22,26)(H,23,27)/t14-,17-/m0/s1. The predicted octanol–water partition coefficient (Wildman–Crippen LogP) is 3.56. The molecule has 1 aromatic carbocycles. The zero-order chi connectivity index (χ0) is 19.7. The van der Waals surface area contributed by atoms with Gasteiger partial charge >= 0.3 is 11.8 Å². The predicted molar refractivity (Wildman–Crippen MR) is 111 cm³/mol. The van der Waals surface area contributed by atoms with Gasteiger partial charge in [0.1, 0.15) is 5.82 Å². The first-order chi connectivity index (χ1) is 13.5. The van der Waals surface area contributed by atoms with Crippen molar-refractivity contribution in [2.75, 3.05) is 5.32 Å². The van der Waals surface area contributed by atoms with E-state index in [4.69, 9.17) is 5.10 Å². The van der Waals surface area contributed by atoms with Gasteiger partial charge in [-0.15, -0.1) is 0 Å². The Morgan fingerprint density at radius 3 is 2.79 bits per heavy atom. The van der Waals surface area contributed by atoms with E-state index in [1.165, 1.54) is 6.42 Å². The number of rotatable bonds is 3. The van der Waals surface area contributed by atoms with Crippen LogP contribution in [-0.2, 0) is 21.1 Å². The second-order valence-electron chi connectivity index (χ2n) is 7.81. The maximum Gasteiger partial charge on any atom is 0.314 e. The van der Waals surface area contributed by atoms with E-state index in [9.17, 15) is 9.59 Å². The number of nitrogens with zero attached hydrogens (tertiary/aromatic N) is 2. The van der Waals surface area contributed by atoms with Crippen LogP contribution in [0.3, 0.4) is 0 Å². The number of hydrogen-bond donors (Lipinski definition) is 2. The van der Waals surface area contributed by atoms with Gasteiger partial charge in [-0.2, -0.15) is 16.9 Å². The molecule has 2 atom stereocenters. The van der Waals surface area contributed by atoms with Crippen LogP contribution in [0.25, 0.3) is 5.69 Å². The molecule has 2 heterocycles. The summed E-state index contributed by atoms with van der Waals surface area (Å²) in [6.45, 7) is 4.16. The van der Waals surface area contributed by atoms with Crippen molar-refractivity contribution in [3.63, 3.8) is 0 Å². The molecule has 6 nitrogen and oxygen atoms in total. The largest absolute Gasteiger partial charge is 0.345 e. The van der Waals surface area contributed by atoms with Crippen LogP contribution in [0, 0.1) is 12.8 Å². The number of hydrogen-bond acceptors (Lipinski definition) is 4. The number of benzene rings is 1. The topological polar surface area (TPSA) is 76.0 Å². The summed E-state index contributed by atoms with van der Waals surface area (Å²) in [5, 5.41) is 10.5. The zero-order valence-electron chi connectivity index (χ0n) is 16.3. The molecular weight excluding hydrogens is 372 g/mol. The first-order valence-corrected chi connectivity index (χ1v) is 11.1. The van der Waals surface area contributed by atoms with Gasteiger partial charge in [0.2, 0.25) is 0 Å². The first-order valence-electron chi connectivity index (χ1n) is 9.90. The monoisotopic (exact) mass is 398 g/mol. The van der Waals surface area contributed by atoms with Crippen LogP contribution in [0.4, 0.5) is 5.82 Å². The molecule has 1 saturated carbocycles. The maximum absolute atomic E-state index is 12.7. The molecule has 2 N–H and O–H groups in total. The highest BCUT2D eigenvalue weighted by molar-refractivity contribution is 7.98. The zero-order valence-corrected chi connectivity index (χ0v) is 17.1. The molecule has 148 valence electrons. The summed E-state index contributed by atoms with van der Waals surface area (Å²) in [5.41, 5.74) is 3.99. The van der Waals surface area contributed by atoms with E-state index in [1.807, 2.05) is 31.2 Å². The van der Waals surface area contributed by atoms with Crippen LogP contribution in [0.2, 0.25) is 0 Å². The van der Waals surface area contributed by atoms with Crippen molar-refractivity contribution in [1.82, 2.24) is 15.1 Å². The van der Waals surface area contributed by atoms with Crippen molar-refractivity contribution < 1.29 is 9.59 Å². The van der Waals surface area contributed by atoms with Crippen LogP contribution >= 0.6 is 11.8 Å². The van der Waals surface area contributed by atoms with Gasteiger partial charge in [-0.1, -0.05) is 31.9 Å². The van der Waals surface area contributed by atoms with Crippen LogP contribution in [-0.4, -0.2) is 27.6 Å². The summed E-state index contributed by atoms with van der Waals surface area (Å²) in [7, 11) is 0. The lowest BCUT2D eigenvalue weighted by molar-refractivity contribution is -0.137. The SMILES string of the molecule is Cc1cccc(-n2nc3c(c2NC(=O)C(=O)N[C@H]2CCCC[C@@H]2C)CSC3)c1. The van der Waals surface area contributed by atoms with Crippen LogP contribution < -0.4 is 10.6 Å². The summed E-state index contributed by atoms with van der Waals surface area (Å²) in [6.07, 6.45) is 4.33. The van der Waals surface area contributed by atoms with Crippen molar-refractivity contribution >= 4 is 29.4 Å². The van der Waals surface area contributed by atoms with Crippen molar-refractivity contribution in [2.45, 2.75) is 57.1 Å². The van der Waals surface area contributed by atoms with E-state index in [0.29, 0.717) is 11.7 Å². The van der Waals surface area contributed by atoms with Crippen molar-refractivity contribution in [1.29, 1.82) is 0 Å². The molecule has 28 heavy (non-hydrogen) atoms. The van der Waals surface area contributed by atoms with Crippen LogP contribution in [0.5, 0.6) is 0 Å². The third-order valence-corrected chi connectivity index (χ3v) is 6.63. The van der Waals surface area contributed by atoms with E-state index in [2.05, 4.69) is 17.6 Å². The number of aromatic nitrogens is 2. The Labute approximate surface area is 169 Å². The van der Waals surface area contributed by atoms with Gasteiger partial charge in [0, 0.05) is 23.1 Å². The molecule has 0 saturated heterocycles. The van der Waals surface area contributed by atoms with Gasteiger partial charge in [0.15, 0.2) is 0 Å². The highest BCUT2D eigenvalue weighted by Crippen LogP contribution is 2.36.